The van der Waals surface area contributed by atoms with E-state index in [1.54, 1.807) is 54.7 Å². The summed E-state index contributed by atoms with van der Waals surface area (Å²) in [5.74, 6) is -1.01. The Morgan fingerprint density at radius 1 is 0.968 bits per heavy atom. The number of carboxylic acid groups (broad SMARTS) is 1. The van der Waals surface area contributed by atoms with Gasteiger partial charge in [-0.05, 0) is 29.8 Å². The van der Waals surface area contributed by atoms with Crippen LogP contribution in [0.1, 0.15) is 11.1 Å². The van der Waals surface area contributed by atoms with Crippen LogP contribution in [0.15, 0.2) is 73.1 Å². The summed E-state index contributed by atoms with van der Waals surface area (Å²) < 4.78 is 0. The number of phenolic OH excluding ortho intramolecular Hbond substituents is 1. The van der Waals surface area contributed by atoms with Crippen molar-refractivity contribution in [3.05, 3.63) is 84.2 Å². The van der Waals surface area contributed by atoms with Gasteiger partial charge >= 0.3 is 12.0 Å². The number of nitrogens with one attached hydrogen (secondary N) is 3. The number of aliphatic carboxylic acids is 1. The zero-order chi connectivity index (χ0) is 21.8. The highest BCUT2D eigenvalue weighted by molar-refractivity contribution is 6.21. The van der Waals surface area contributed by atoms with Crippen LogP contribution in [0.3, 0.4) is 0 Å². The number of rotatable bonds is 5. The number of H-pyrrole nitrogens is 1. The number of benzene rings is 2. The van der Waals surface area contributed by atoms with Crippen molar-refractivity contribution in [1.82, 2.24) is 9.97 Å². The summed E-state index contributed by atoms with van der Waals surface area (Å²) in [4.78, 5) is 31.4. The third-order valence-electron chi connectivity index (χ3n) is 4.54. The van der Waals surface area contributed by atoms with E-state index in [2.05, 4.69) is 20.6 Å². The fraction of sp³-hybridized carbons (Fsp3) is 0. The molecular formula is C23H18N4O4. The molecule has 31 heavy (non-hydrogen) atoms. The lowest BCUT2D eigenvalue weighted by atomic mass is 10.0. The van der Waals surface area contributed by atoms with E-state index >= 15 is 0 Å². The van der Waals surface area contributed by atoms with Gasteiger partial charge in [0.15, 0.2) is 0 Å². The molecule has 8 nitrogen and oxygen atoms in total. The number of carbonyl (C=O) groups excluding carboxylic acids is 1. The first-order chi connectivity index (χ1) is 15.0. The molecule has 0 radical (unpaired) electrons. The van der Waals surface area contributed by atoms with Gasteiger partial charge in [0, 0.05) is 28.9 Å². The summed E-state index contributed by atoms with van der Waals surface area (Å²) >= 11 is 0. The number of hydrogen-bond donors (Lipinski definition) is 5. The summed E-state index contributed by atoms with van der Waals surface area (Å²) in [5, 5.41) is 25.1. The fourth-order valence-electron chi connectivity index (χ4n) is 3.13. The first-order valence-electron chi connectivity index (χ1n) is 9.34. The van der Waals surface area contributed by atoms with Gasteiger partial charge in [0.1, 0.15) is 11.4 Å². The Morgan fingerprint density at radius 3 is 2.48 bits per heavy atom. The molecule has 0 fully saturated rings. The lowest BCUT2D eigenvalue weighted by Gasteiger charge is -2.08. The van der Waals surface area contributed by atoms with Gasteiger partial charge in [-0.15, -0.1) is 0 Å². The van der Waals surface area contributed by atoms with E-state index in [9.17, 15) is 19.8 Å². The minimum Gasteiger partial charge on any atom is -0.508 e. The molecule has 0 bridgehead atoms. The van der Waals surface area contributed by atoms with Crippen LogP contribution in [-0.2, 0) is 4.79 Å². The van der Waals surface area contributed by atoms with Crippen LogP contribution in [-0.4, -0.2) is 32.2 Å². The predicted octanol–water partition coefficient (Wildman–Crippen LogP) is 4.54. The molecule has 0 saturated carbocycles. The van der Waals surface area contributed by atoms with Crippen LogP contribution in [0.4, 0.5) is 16.2 Å². The predicted molar refractivity (Wildman–Crippen MR) is 119 cm³/mol. The Kier molecular flexibility index (Phi) is 5.35. The highest BCUT2D eigenvalue weighted by atomic mass is 16.4. The number of carbonyl (C=O) groups is 2. The molecule has 0 unspecified atom stereocenters. The summed E-state index contributed by atoms with van der Waals surface area (Å²) in [6, 6.07) is 16.2. The number of amides is 2. The Morgan fingerprint density at radius 2 is 1.74 bits per heavy atom. The fourth-order valence-corrected chi connectivity index (χ4v) is 3.13. The lowest BCUT2D eigenvalue weighted by molar-refractivity contribution is -0.130. The number of pyridine rings is 1. The number of fused-ring (bicyclic) bond motifs is 1. The Hall–Kier alpha value is -4.59. The van der Waals surface area contributed by atoms with Crippen LogP contribution >= 0.6 is 0 Å². The van der Waals surface area contributed by atoms with Gasteiger partial charge < -0.3 is 25.8 Å². The normalized spacial score (nSPS) is 11.3. The number of aromatic amines is 1. The van der Waals surface area contributed by atoms with E-state index in [1.165, 1.54) is 18.3 Å². The Labute approximate surface area is 176 Å². The van der Waals surface area contributed by atoms with E-state index < -0.39 is 12.0 Å². The zero-order valence-electron chi connectivity index (χ0n) is 16.2. The van der Waals surface area contributed by atoms with Gasteiger partial charge in [0.2, 0.25) is 0 Å². The quantitative estimate of drug-likeness (QED) is 0.306. The highest BCUT2D eigenvalue weighted by Crippen LogP contribution is 2.26. The average Bonchev–Trinajstić information content (AvgIpc) is 3.14. The molecule has 0 saturated heterocycles. The first-order valence-corrected chi connectivity index (χ1v) is 9.34. The second kappa shape index (κ2) is 8.42. The van der Waals surface area contributed by atoms with Crippen LogP contribution in [0.25, 0.3) is 22.7 Å². The number of nitrogens with zero attached hydrogens (tertiary/aromatic N) is 1. The summed E-state index contributed by atoms with van der Waals surface area (Å²) in [5.41, 5.74) is 2.77. The molecule has 2 heterocycles. The number of aromatic hydroxyl groups is 1. The standard InChI is InChI=1S/C23H18N4O4/c28-18-8-4-7-16(10-18)26-23(31)27-17-11-19-15(12-24-21(19)25-13-17)9-20(22(29)30)14-5-2-1-3-6-14/h1-13,28H,(H,24,25)(H,29,30)(H2,26,27,31)/b20-9+. The van der Waals surface area contributed by atoms with Crippen molar-refractivity contribution in [3.8, 4) is 5.75 Å². The smallest absolute Gasteiger partial charge is 0.336 e. The van der Waals surface area contributed by atoms with E-state index in [1.807, 2.05) is 6.07 Å². The molecule has 0 aliphatic rings. The second-order valence-electron chi connectivity index (χ2n) is 6.72. The monoisotopic (exact) mass is 414 g/mol. The van der Waals surface area contributed by atoms with Crippen molar-refractivity contribution < 1.29 is 19.8 Å². The molecule has 8 heteroatoms. The minimum absolute atomic E-state index is 0.0392. The van der Waals surface area contributed by atoms with E-state index in [0.29, 0.717) is 33.5 Å². The van der Waals surface area contributed by atoms with Crippen LogP contribution in [0.5, 0.6) is 5.75 Å². The molecular weight excluding hydrogens is 396 g/mol. The minimum atomic E-state index is -1.05. The molecule has 2 aromatic carbocycles. The number of aromatic nitrogens is 2. The van der Waals surface area contributed by atoms with Crippen molar-refractivity contribution in [3.63, 3.8) is 0 Å². The second-order valence-corrected chi connectivity index (χ2v) is 6.72. The van der Waals surface area contributed by atoms with Crippen LogP contribution in [0, 0.1) is 0 Å². The highest BCUT2D eigenvalue weighted by Gasteiger charge is 2.13. The first kappa shape index (κ1) is 19.7. The molecule has 5 N–H and O–H groups in total. The van der Waals surface area contributed by atoms with Gasteiger partial charge in [0.05, 0.1) is 17.5 Å². The van der Waals surface area contributed by atoms with E-state index in [4.69, 9.17) is 0 Å². The van der Waals surface area contributed by atoms with Crippen molar-refractivity contribution >= 4 is 46.1 Å². The van der Waals surface area contributed by atoms with Crippen molar-refractivity contribution in [2.45, 2.75) is 0 Å². The summed E-state index contributed by atoms with van der Waals surface area (Å²) in [7, 11) is 0. The molecule has 0 atom stereocenters. The zero-order valence-corrected chi connectivity index (χ0v) is 16.2. The molecule has 4 rings (SSSR count). The summed E-state index contributed by atoms with van der Waals surface area (Å²) in [6.07, 6.45) is 4.72. The maximum atomic E-state index is 12.3. The molecule has 4 aromatic rings. The van der Waals surface area contributed by atoms with Gasteiger partial charge in [-0.1, -0.05) is 36.4 Å². The number of carboxylic acids is 1. The maximum absolute atomic E-state index is 12.3. The van der Waals surface area contributed by atoms with Gasteiger partial charge in [-0.25, -0.2) is 14.6 Å². The third kappa shape index (κ3) is 4.54. The largest absolute Gasteiger partial charge is 0.508 e. The molecule has 0 aliphatic carbocycles. The number of anilines is 2. The van der Waals surface area contributed by atoms with Gasteiger partial charge in [0.25, 0.3) is 0 Å². The Balaban J connectivity index is 1.61. The summed E-state index contributed by atoms with van der Waals surface area (Å²) in [6.45, 7) is 0. The number of urea groups is 1. The third-order valence-corrected chi connectivity index (χ3v) is 4.54. The number of phenols is 1. The van der Waals surface area contributed by atoms with Crippen LogP contribution in [0.2, 0.25) is 0 Å². The van der Waals surface area contributed by atoms with E-state index in [-0.39, 0.29) is 11.3 Å². The average molecular weight is 414 g/mol. The topological polar surface area (TPSA) is 127 Å². The molecule has 2 amide bonds. The SMILES string of the molecule is O=C(Nc1cccc(O)c1)Nc1cnc2[nH]cc(/C=C(/C(=O)O)c3ccccc3)c2c1. The maximum Gasteiger partial charge on any atom is 0.336 e. The van der Waals surface area contributed by atoms with Crippen molar-refractivity contribution in [2.75, 3.05) is 10.6 Å². The molecule has 0 spiro atoms. The molecule has 154 valence electrons. The number of hydrogen-bond acceptors (Lipinski definition) is 4. The lowest BCUT2D eigenvalue weighted by Crippen LogP contribution is -2.19. The molecule has 2 aromatic heterocycles. The molecule has 0 aliphatic heterocycles. The van der Waals surface area contributed by atoms with Crippen LogP contribution < -0.4 is 10.6 Å². The van der Waals surface area contributed by atoms with E-state index in [0.717, 1.165) is 0 Å². The Bertz CT molecular complexity index is 1300. The van der Waals surface area contributed by atoms with Gasteiger partial charge in [-0.2, -0.15) is 0 Å². The van der Waals surface area contributed by atoms with Crippen molar-refractivity contribution in [2.24, 2.45) is 0 Å². The van der Waals surface area contributed by atoms with Gasteiger partial charge in [-0.3, -0.25) is 0 Å². The van der Waals surface area contributed by atoms with Crippen molar-refractivity contribution in [1.29, 1.82) is 0 Å².